The van der Waals surface area contributed by atoms with Crippen molar-refractivity contribution in [3.05, 3.63) is 59.1 Å². The largest absolute Gasteiger partial charge is 0.341 e. The molecule has 0 unspecified atom stereocenters. The molecule has 27 heavy (non-hydrogen) atoms. The smallest absolute Gasteiger partial charge is 0.235 e. The number of thioether (sulfide) groups is 1. The molecule has 1 amide bonds. The summed E-state index contributed by atoms with van der Waals surface area (Å²) in [5.41, 5.74) is 2.32. The Morgan fingerprint density at radius 1 is 1.22 bits per heavy atom. The normalized spacial score (nSPS) is 18.6. The van der Waals surface area contributed by atoms with Crippen molar-refractivity contribution in [2.75, 3.05) is 13.1 Å². The summed E-state index contributed by atoms with van der Waals surface area (Å²) in [4.78, 5) is 21.0. The summed E-state index contributed by atoms with van der Waals surface area (Å²) in [6, 6.07) is 16.7. The van der Waals surface area contributed by atoms with Gasteiger partial charge in [-0.1, -0.05) is 29.8 Å². The Kier molecular flexibility index (Phi) is 5.50. The van der Waals surface area contributed by atoms with Gasteiger partial charge in [0.25, 0.3) is 0 Å². The molecule has 0 spiro atoms. The topological polar surface area (TPSA) is 33.2 Å². The molecule has 3 aromatic rings. The number of fused-ring (bicyclic) bond motifs is 1. The molecule has 0 saturated carbocycles. The second-order valence-corrected chi connectivity index (χ2v) is 9.69. The summed E-state index contributed by atoms with van der Waals surface area (Å²) in [6.45, 7) is 5.75. The number of likely N-dealkylation sites (tertiary alicyclic amines) is 1. The van der Waals surface area contributed by atoms with Crippen molar-refractivity contribution in [1.82, 2.24) is 9.88 Å². The first-order valence-electron chi connectivity index (χ1n) is 9.48. The lowest BCUT2D eigenvalue weighted by Crippen LogP contribution is -2.42. The number of aromatic nitrogens is 1. The van der Waals surface area contributed by atoms with Crippen LogP contribution in [-0.2, 0) is 4.79 Å². The maximum Gasteiger partial charge on any atom is 0.235 e. The molecule has 3 nitrogen and oxygen atoms in total. The summed E-state index contributed by atoms with van der Waals surface area (Å²) in [5, 5.41) is 1.11. The minimum atomic E-state index is -0.0678. The van der Waals surface area contributed by atoms with Crippen molar-refractivity contribution in [1.29, 1.82) is 0 Å². The molecule has 1 saturated heterocycles. The number of hydrogen-bond acceptors (Lipinski definition) is 4. The van der Waals surface area contributed by atoms with Gasteiger partial charge in [0, 0.05) is 23.9 Å². The van der Waals surface area contributed by atoms with Crippen LogP contribution in [0.15, 0.2) is 53.4 Å². The average Bonchev–Trinajstić information content (AvgIpc) is 3.13. The van der Waals surface area contributed by atoms with Crippen LogP contribution in [-0.4, -0.2) is 34.1 Å². The number of rotatable bonds is 4. The standard InChI is InChI=1S/C22H24N2OS2/c1-15-9-11-18(12-10-15)26-16(2)22(25)24-13-5-6-17(14-24)21-23-19-7-3-4-8-20(19)27-21/h3-4,7-12,16-17H,5-6,13-14H2,1-2H3/t16-,17-/m0/s1. The molecule has 2 atom stereocenters. The maximum atomic E-state index is 13.0. The van der Waals surface area contributed by atoms with Gasteiger partial charge in [0.1, 0.15) is 0 Å². The third-order valence-corrected chi connectivity index (χ3v) is 7.37. The van der Waals surface area contributed by atoms with Crippen LogP contribution >= 0.6 is 23.1 Å². The SMILES string of the molecule is Cc1ccc(S[C@@H](C)C(=O)N2CCC[C@H](c3nc4ccccc4s3)C2)cc1. The van der Waals surface area contributed by atoms with E-state index in [-0.39, 0.29) is 11.2 Å². The van der Waals surface area contributed by atoms with Crippen molar-refractivity contribution in [2.24, 2.45) is 0 Å². The van der Waals surface area contributed by atoms with Crippen LogP contribution in [0.1, 0.15) is 36.3 Å². The summed E-state index contributed by atoms with van der Waals surface area (Å²) < 4.78 is 1.24. The Hall–Kier alpha value is -1.85. The lowest BCUT2D eigenvalue weighted by atomic mass is 9.98. The van der Waals surface area contributed by atoms with E-state index >= 15 is 0 Å². The molecular weight excluding hydrogens is 372 g/mol. The Balaban J connectivity index is 1.43. The monoisotopic (exact) mass is 396 g/mol. The molecule has 1 aliphatic rings. The summed E-state index contributed by atoms with van der Waals surface area (Å²) >= 11 is 3.43. The molecule has 2 heterocycles. The average molecular weight is 397 g/mol. The van der Waals surface area contributed by atoms with Crippen LogP contribution < -0.4 is 0 Å². The van der Waals surface area contributed by atoms with Gasteiger partial charge in [-0.3, -0.25) is 4.79 Å². The van der Waals surface area contributed by atoms with Crippen LogP contribution in [0, 0.1) is 6.92 Å². The third-order valence-electron chi connectivity index (χ3n) is 5.07. The van der Waals surface area contributed by atoms with Gasteiger partial charge >= 0.3 is 0 Å². The van der Waals surface area contributed by atoms with Gasteiger partial charge in [0.15, 0.2) is 0 Å². The predicted octanol–water partition coefficient (Wildman–Crippen LogP) is 5.49. The van der Waals surface area contributed by atoms with Crippen molar-refractivity contribution in [3.8, 4) is 0 Å². The highest BCUT2D eigenvalue weighted by atomic mass is 32.2. The number of carbonyl (C=O) groups is 1. The maximum absolute atomic E-state index is 13.0. The first-order chi connectivity index (χ1) is 13.1. The molecule has 1 aromatic heterocycles. The van der Waals surface area contributed by atoms with Crippen LogP contribution in [0.5, 0.6) is 0 Å². The second-order valence-electron chi connectivity index (χ2n) is 7.22. The van der Waals surface area contributed by atoms with E-state index in [2.05, 4.69) is 49.4 Å². The van der Waals surface area contributed by atoms with E-state index in [1.807, 2.05) is 17.9 Å². The highest BCUT2D eigenvalue weighted by molar-refractivity contribution is 8.00. The number of piperidine rings is 1. The number of nitrogens with zero attached hydrogens (tertiary/aromatic N) is 2. The molecule has 1 fully saturated rings. The fourth-order valence-corrected chi connectivity index (χ4v) is 5.62. The van der Waals surface area contributed by atoms with E-state index in [4.69, 9.17) is 4.98 Å². The lowest BCUT2D eigenvalue weighted by molar-refractivity contribution is -0.131. The molecule has 0 bridgehead atoms. The third kappa shape index (κ3) is 4.19. The van der Waals surface area contributed by atoms with Gasteiger partial charge in [-0.25, -0.2) is 4.98 Å². The minimum absolute atomic E-state index is 0.0678. The molecule has 2 aromatic carbocycles. The number of hydrogen-bond donors (Lipinski definition) is 0. The first-order valence-corrected chi connectivity index (χ1v) is 11.2. The highest BCUT2D eigenvalue weighted by Gasteiger charge is 2.29. The Morgan fingerprint density at radius 3 is 2.78 bits per heavy atom. The van der Waals surface area contributed by atoms with Crippen molar-refractivity contribution in [3.63, 3.8) is 0 Å². The Labute approximate surface area is 168 Å². The predicted molar refractivity (Wildman–Crippen MR) is 115 cm³/mol. The van der Waals surface area contributed by atoms with Gasteiger partial charge in [-0.15, -0.1) is 23.1 Å². The fourth-order valence-electron chi connectivity index (χ4n) is 3.57. The summed E-state index contributed by atoms with van der Waals surface area (Å²) in [6.07, 6.45) is 2.16. The van der Waals surface area contributed by atoms with Gasteiger partial charge in [0.2, 0.25) is 5.91 Å². The number of amides is 1. The number of aryl methyl sites for hydroxylation is 1. The van der Waals surface area contributed by atoms with Crippen LogP contribution in [0.3, 0.4) is 0 Å². The number of para-hydroxylation sites is 1. The van der Waals surface area contributed by atoms with Gasteiger partial charge in [-0.2, -0.15) is 0 Å². The zero-order valence-corrected chi connectivity index (χ0v) is 17.4. The number of carbonyl (C=O) groups excluding carboxylic acids is 1. The molecular formula is C22H24N2OS2. The summed E-state index contributed by atoms with van der Waals surface area (Å²) in [5.74, 6) is 0.600. The highest BCUT2D eigenvalue weighted by Crippen LogP contribution is 2.34. The van der Waals surface area contributed by atoms with E-state index in [1.54, 1.807) is 23.1 Å². The van der Waals surface area contributed by atoms with Gasteiger partial charge in [0.05, 0.1) is 20.5 Å². The van der Waals surface area contributed by atoms with Crippen LogP contribution in [0.25, 0.3) is 10.2 Å². The molecule has 140 valence electrons. The van der Waals surface area contributed by atoms with E-state index in [9.17, 15) is 4.79 Å². The zero-order chi connectivity index (χ0) is 18.8. The van der Waals surface area contributed by atoms with Crippen molar-refractivity contribution >= 4 is 39.2 Å². The fraction of sp³-hybridized carbons (Fsp3) is 0.364. The van der Waals surface area contributed by atoms with Gasteiger partial charge < -0.3 is 4.90 Å². The molecule has 5 heteroatoms. The molecule has 4 rings (SSSR count). The molecule has 0 radical (unpaired) electrons. The lowest BCUT2D eigenvalue weighted by Gasteiger charge is -2.33. The quantitative estimate of drug-likeness (QED) is 0.547. The summed E-state index contributed by atoms with van der Waals surface area (Å²) in [7, 11) is 0. The van der Waals surface area contributed by atoms with Crippen molar-refractivity contribution in [2.45, 2.75) is 42.8 Å². The Morgan fingerprint density at radius 2 is 2.00 bits per heavy atom. The van der Waals surface area contributed by atoms with Gasteiger partial charge in [-0.05, 0) is 51.0 Å². The van der Waals surface area contributed by atoms with E-state index in [1.165, 1.54) is 15.3 Å². The zero-order valence-electron chi connectivity index (χ0n) is 15.7. The van der Waals surface area contributed by atoms with E-state index in [0.29, 0.717) is 5.92 Å². The van der Waals surface area contributed by atoms with Crippen molar-refractivity contribution < 1.29 is 4.79 Å². The number of benzene rings is 2. The molecule has 0 N–H and O–H groups in total. The van der Waals surface area contributed by atoms with Crippen LogP contribution in [0.4, 0.5) is 0 Å². The molecule has 0 aliphatic carbocycles. The Bertz CT molecular complexity index is 902. The first kappa shape index (κ1) is 18.5. The van der Waals surface area contributed by atoms with E-state index < -0.39 is 0 Å². The minimum Gasteiger partial charge on any atom is -0.341 e. The van der Waals surface area contributed by atoms with E-state index in [0.717, 1.165) is 36.3 Å². The molecule has 1 aliphatic heterocycles. The second kappa shape index (κ2) is 8.03. The number of thiazole rings is 1. The van der Waals surface area contributed by atoms with Crippen LogP contribution in [0.2, 0.25) is 0 Å².